The average Bonchev–Trinajstić information content (AvgIpc) is 2.73. The number of carbonyl (C=O) groups excluding carboxylic acids is 3. The zero-order valence-corrected chi connectivity index (χ0v) is 18.6. The molecule has 31 heavy (non-hydrogen) atoms. The minimum atomic E-state index is -0.650. The van der Waals surface area contributed by atoms with Crippen molar-refractivity contribution >= 4 is 35.7 Å². The third-order valence-corrected chi connectivity index (χ3v) is 5.61. The molecule has 2 amide bonds. The predicted octanol–water partition coefficient (Wildman–Crippen LogP) is 3.43. The van der Waals surface area contributed by atoms with Crippen LogP contribution in [0.5, 0.6) is 0 Å². The van der Waals surface area contributed by atoms with E-state index in [1.807, 2.05) is 48.5 Å². The van der Waals surface area contributed by atoms with Crippen LogP contribution in [0, 0.1) is 0 Å². The quantitative estimate of drug-likeness (QED) is 0.354. The van der Waals surface area contributed by atoms with Crippen LogP contribution in [0.4, 0.5) is 5.69 Å². The lowest BCUT2D eigenvalue weighted by Gasteiger charge is -2.34. The number of rotatable bonds is 8. The molecule has 3 rings (SSSR count). The molecule has 0 saturated carbocycles. The number of para-hydroxylation sites is 1. The van der Waals surface area contributed by atoms with E-state index in [0.717, 1.165) is 15.5 Å². The molecule has 7 nitrogen and oxygen atoms in total. The summed E-state index contributed by atoms with van der Waals surface area (Å²) < 4.78 is 5.40. The zero-order chi connectivity index (χ0) is 22.4. The highest BCUT2D eigenvalue weighted by molar-refractivity contribution is 8.01. The fourth-order valence-electron chi connectivity index (χ4n) is 3.08. The van der Waals surface area contributed by atoms with Crippen molar-refractivity contribution in [3.05, 3.63) is 60.2 Å². The number of esters is 1. The normalized spacial score (nSPS) is 15.9. The lowest BCUT2D eigenvalue weighted by Crippen LogP contribution is -2.48. The second-order valence-corrected chi connectivity index (χ2v) is 9.29. The maximum absolute atomic E-state index is 13.2. The SMILES string of the molecule is CC(C)(C)OC(=O)CN1C(=O)C(CN(C=O)OCc2ccccc2)Sc2ccccc21. The fourth-order valence-corrected chi connectivity index (χ4v) is 4.29. The molecular weight excluding hydrogens is 416 g/mol. The number of anilines is 1. The molecule has 0 saturated heterocycles. The maximum atomic E-state index is 13.2. The van der Waals surface area contributed by atoms with E-state index in [-0.39, 0.29) is 25.6 Å². The van der Waals surface area contributed by atoms with E-state index in [0.29, 0.717) is 12.1 Å². The van der Waals surface area contributed by atoms with E-state index in [1.54, 1.807) is 26.8 Å². The Morgan fingerprint density at radius 2 is 1.81 bits per heavy atom. The summed E-state index contributed by atoms with van der Waals surface area (Å²) in [6.45, 7) is 5.41. The van der Waals surface area contributed by atoms with Gasteiger partial charge in [0, 0.05) is 4.90 Å². The van der Waals surface area contributed by atoms with Gasteiger partial charge in [-0.15, -0.1) is 11.8 Å². The van der Waals surface area contributed by atoms with Crippen molar-refractivity contribution < 1.29 is 24.0 Å². The number of hydrogen-bond donors (Lipinski definition) is 0. The molecule has 164 valence electrons. The summed E-state index contributed by atoms with van der Waals surface area (Å²) in [5, 5.41) is 0.514. The number of carbonyl (C=O) groups is 3. The van der Waals surface area contributed by atoms with Crippen molar-refractivity contribution in [2.45, 2.75) is 43.1 Å². The highest BCUT2D eigenvalue weighted by atomic mass is 32.2. The van der Waals surface area contributed by atoms with Crippen molar-refractivity contribution in [3.63, 3.8) is 0 Å². The van der Waals surface area contributed by atoms with Crippen molar-refractivity contribution in [2.75, 3.05) is 18.0 Å². The molecule has 0 fully saturated rings. The Morgan fingerprint density at radius 3 is 2.48 bits per heavy atom. The Balaban J connectivity index is 1.73. The summed E-state index contributed by atoms with van der Waals surface area (Å²) in [5.41, 5.74) is 0.916. The fraction of sp³-hybridized carbons (Fsp3) is 0.348. The molecule has 1 unspecified atom stereocenters. The third-order valence-electron chi connectivity index (χ3n) is 4.38. The average molecular weight is 443 g/mol. The molecule has 0 N–H and O–H groups in total. The van der Waals surface area contributed by atoms with Crippen LogP contribution in [-0.2, 0) is 30.6 Å². The maximum Gasteiger partial charge on any atom is 0.326 e. The molecule has 2 aromatic carbocycles. The smallest absolute Gasteiger partial charge is 0.326 e. The number of fused-ring (bicyclic) bond motifs is 1. The predicted molar refractivity (Wildman–Crippen MR) is 118 cm³/mol. The Hall–Kier alpha value is -2.84. The molecule has 0 bridgehead atoms. The minimum absolute atomic E-state index is 0.0545. The molecule has 0 aliphatic carbocycles. The third kappa shape index (κ3) is 6.32. The molecule has 0 spiro atoms. The van der Waals surface area contributed by atoms with Gasteiger partial charge >= 0.3 is 5.97 Å². The van der Waals surface area contributed by atoms with Crippen molar-refractivity contribution in [1.29, 1.82) is 0 Å². The number of nitrogens with zero attached hydrogens (tertiary/aromatic N) is 2. The molecule has 1 aliphatic rings. The molecule has 1 heterocycles. The van der Waals surface area contributed by atoms with Crippen LogP contribution in [0.3, 0.4) is 0 Å². The van der Waals surface area contributed by atoms with Gasteiger partial charge in [0.05, 0.1) is 12.2 Å². The van der Waals surface area contributed by atoms with Crippen LogP contribution in [0.2, 0.25) is 0 Å². The molecule has 8 heteroatoms. The number of amides is 2. The summed E-state index contributed by atoms with van der Waals surface area (Å²) in [6, 6.07) is 16.8. The van der Waals surface area contributed by atoms with Crippen molar-refractivity contribution in [1.82, 2.24) is 5.06 Å². The van der Waals surface area contributed by atoms with Gasteiger partial charge in [-0.2, -0.15) is 0 Å². The highest BCUT2D eigenvalue weighted by Gasteiger charge is 2.36. The number of thioether (sulfide) groups is 1. The van der Waals surface area contributed by atoms with E-state index >= 15 is 0 Å². The lowest BCUT2D eigenvalue weighted by atomic mass is 10.2. The van der Waals surface area contributed by atoms with E-state index in [4.69, 9.17) is 9.57 Å². The summed E-state index contributed by atoms with van der Waals surface area (Å²) in [4.78, 5) is 45.0. The topological polar surface area (TPSA) is 76.2 Å². The van der Waals surface area contributed by atoms with Crippen molar-refractivity contribution in [2.24, 2.45) is 0 Å². The van der Waals surface area contributed by atoms with E-state index in [9.17, 15) is 14.4 Å². The Morgan fingerprint density at radius 1 is 1.13 bits per heavy atom. The largest absolute Gasteiger partial charge is 0.459 e. The zero-order valence-electron chi connectivity index (χ0n) is 17.8. The number of benzene rings is 2. The highest BCUT2D eigenvalue weighted by Crippen LogP contribution is 2.39. The Bertz CT molecular complexity index is 929. The second kappa shape index (κ2) is 9.98. The molecular formula is C23H26N2O5S. The van der Waals surface area contributed by atoms with Crippen LogP contribution < -0.4 is 4.90 Å². The summed E-state index contributed by atoms with van der Waals surface area (Å²) in [5.74, 6) is -0.765. The molecule has 0 aromatic heterocycles. The molecule has 2 aromatic rings. The minimum Gasteiger partial charge on any atom is -0.459 e. The van der Waals surface area contributed by atoms with Crippen LogP contribution in [0.15, 0.2) is 59.5 Å². The van der Waals surface area contributed by atoms with Crippen LogP contribution in [0.25, 0.3) is 0 Å². The number of hydrogen-bond acceptors (Lipinski definition) is 6. The number of ether oxygens (including phenoxy) is 1. The first-order chi connectivity index (χ1) is 14.8. The number of hydroxylamine groups is 2. The van der Waals surface area contributed by atoms with Gasteiger partial charge in [-0.1, -0.05) is 42.5 Å². The van der Waals surface area contributed by atoms with Gasteiger partial charge in [0.15, 0.2) is 0 Å². The monoisotopic (exact) mass is 442 g/mol. The summed E-state index contributed by atoms with van der Waals surface area (Å²) in [7, 11) is 0. The van der Waals surface area contributed by atoms with Gasteiger partial charge in [0.25, 0.3) is 0 Å². The first-order valence-electron chi connectivity index (χ1n) is 9.94. The van der Waals surface area contributed by atoms with Gasteiger partial charge in [0.2, 0.25) is 12.3 Å². The van der Waals surface area contributed by atoms with Crippen LogP contribution in [-0.4, -0.2) is 47.3 Å². The van der Waals surface area contributed by atoms with Gasteiger partial charge in [-0.25, -0.2) is 5.06 Å². The summed E-state index contributed by atoms with van der Waals surface area (Å²) >= 11 is 1.35. The lowest BCUT2D eigenvalue weighted by molar-refractivity contribution is -0.177. The van der Waals surface area contributed by atoms with Gasteiger partial charge in [-0.05, 0) is 38.5 Å². The van der Waals surface area contributed by atoms with Crippen LogP contribution in [0.1, 0.15) is 26.3 Å². The van der Waals surface area contributed by atoms with E-state index in [2.05, 4.69) is 0 Å². The second-order valence-electron chi connectivity index (χ2n) is 8.05. The standard InChI is InChI=1S/C23H26N2O5S/c1-23(2,3)30-21(27)14-25-18-11-7-8-12-19(18)31-20(22(25)28)13-24(16-26)29-15-17-9-5-4-6-10-17/h4-12,16,20H,13-15H2,1-3H3. The molecule has 1 atom stereocenters. The molecule has 0 radical (unpaired) electrons. The summed E-state index contributed by atoms with van der Waals surface area (Å²) in [6.07, 6.45) is 0.565. The van der Waals surface area contributed by atoms with Crippen LogP contribution >= 0.6 is 11.8 Å². The van der Waals surface area contributed by atoms with Gasteiger partial charge in [-0.3, -0.25) is 24.1 Å². The first-order valence-corrected chi connectivity index (χ1v) is 10.8. The van der Waals surface area contributed by atoms with E-state index < -0.39 is 16.8 Å². The van der Waals surface area contributed by atoms with E-state index in [1.165, 1.54) is 16.7 Å². The Kier molecular flexibility index (Phi) is 7.35. The van der Waals surface area contributed by atoms with Gasteiger partial charge < -0.3 is 4.74 Å². The van der Waals surface area contributed by atoms with Gasteiger partial charge in [0.1, 0.15) is 24.0 Å². The Labute approximate surface area is 186 Å². The van der Waals surface area contributed by atoms with Crippen molar-refractivity contribution in [3.8, 4) is 0 Å². The first kappa shape index (κ1) is 22.8. The molecule has 1 aliphatic heterocycles.